The number of aryl methyl sites for hydroxylation is 2. The quantitative estimate of drug-likeness (QED) is 0.865. The van der Waals surface area contributed by atoms with Crippen LogP contribution in [0, 0.1) is 23.4 Å². The van der Waals surface area contributed by atoms with Gasteiger partial charge in [0.15, 0.2) is 5.13 Å². The lowest BCUT2D eigenvalue weighted by Crippen LogP contribution is -2.06. The summed E-state index contributed by atoms with van der Waals surface area (Å²) in [6, 6.07) is 1.85. The van der Waals surface area contributed by atoms with Gasteiger partial charge < -0.3 is 4.74 Å². The molecule has 0 saturated carbocycles. The maximum atomic E-state index is 13.9. The SMILES string of the molecule is Cc1sc(F)c(-c2nn(C)c(OC(F)F)c2Cl)c1C#N. The molecule has 0 aliphatic carbocycles. The third-order valence-electron chi connectivity index (χ3n) is 2.53. The van der Waals surface area contributed by atoms with Crippen LogP contribution in [0.15, 0.2) is 0 Å². The Morgan fingerprint density at radius 2 is 2.15 bits per heavy atom. The fraction of sp³-hybridized carbons (Fsp3) is 0.273. The molecule has 0 fully saturated rings. The molecule has 2 aromatic heterocycles. The number of nitrogens with zero attached hydrogens (tertiary/aromatic N) is 3. The number of alkyl halides is 2. The topological polar surface area (TPSA) is 50.8 Å². The van der Waals surface area contributed by atoms with Crippen molar-refractivity contribution in [3.63, 3.8) is 0 Å². The zero-order valence-corrected chi connectivity index (χ0v) is 11.8. The number of halogens is 4. The standard InChI is InChI=1S/C11H7ClF3N3OS/c1-4-5(3-16)6(9(13)20-4)8-7(12)10(18(2)17-8)19-11(14)15/h11H,1-2H3. The first-order valence-corrected chi connectivity index (χ1v) is 6.42. The molecule has 0 atom stereocenters. The van der Waals surface area contributed by atoms with Gasteiger partial charge in [-0.25, -0.2) is 4.68 Å². The van der Waals surface area contributed by atoms with Crippen molar-refractivity contribution in [2.45, 2.75) is 13.5 Å². The molecule has 0 aliphatic heterocycles. The normalized spacial score (nSPS) is 10.9. The van der Waals surface area contributed by atoms with E-state index in [0.29, 0.717) is 4.88 Å². The van der Waals surface area contributed by atoms with E-state index in [-0.39, 0.29) is 27.7 Å². The predicted molar refractivity (Wildman–Crippen MR) is 67.6 cm³/mol. The zero-order valence-electron chi connectivity index (χ0n) is 10.2. The summed E-state index contributed by atoms with van der Waals surface area (Å²) >= 11 is 6.67. The highest BCUT2D eigenvalue weighted by molar-refractivity contribution is 7.11. The third kappa shape index (κ3) is 2.34. The molecular weight excluding hydrogens is 315 g/mol. The summed E-state index contributed by atoms with van der Waals surface area (Å²) in [7, 11) is 1.33. The second-order valence-electron chi connectivity index (χ2n) is 3.76. The maximum absolute atomic E-state index is 13.9. The Morgan fingerprint density at radius 3 is 2.70 bits per heavy atom. The highest BCUT2D eigenvalue weighted by Crippen LogP contribution is 2.41. The van der Waals surface area contributed by atoms with Crippen LogP contribution in [0.5, 0.6) is 5.88 Å². The Labute approximate surface area is 121 Å². The number of hydrogen-bond acceptors (Lipinski definition) is 4. The monoisotopic (exact) mass is 321 g/mol. The van der Waals surface area contributed by atoms with Gasteiger partial charge in [-0.2, -0.15) is 23.5 Å². The molecule has 0 saturated heterocycles. The molecule has 0 unspecified atom stereocenters. The van der Waals surface area contributed by atoms with E-state index < -0.39 is 11.7 Å². The fourth-order valence-electron chi connectivity index (χ4n) is 1.71. The van der Waals surface area contributed by atoms with Crippen molar-refractivity contribution in [2.75, 3.05) is 0 Å². The molecule has 2 rings (SSSR count). The first-order valence-electron chi connectivity index (χ1n) is 5.23. The summed E-state index contributed by atoms with van der Waals surface area (Å²) in [5.41, 5.74) is -0.112. The highest BCUT2D eigenvalue weighted by atomic mass is 35.5. The molecular formula is C11H7ClF3N3OS. The molecule has 20 heavy (non-hydrogen) atoms. The molecule has 0 amide bonds. The number of aromatic nitrogens is 2. The maximum Gasteiger partial charge on any atom is 0.388 e. The van der Waals surface area contributed by atoms with Crippen LogP contribution in [0.2, 0.25) is 5.02 Å². The van der Waals surface area contributed by atoms with Crippen molar-refractivity contribution in [1.82, 2.24) is 9.78 Å². The molecule has 9 heteroatoms. The van der Waals surface area contributed by atoms with Crippen LogP contribution in [0.3, 0.4) is 0 Å². The molecule has 0 radical (unpaired) electrons. The minimum atomic E-state index is -3.08. The van der Waals surface area contributed by atoms with Gasteiger partial charge in [-0.1, -0.05) is 11.6 Å². The second-order valence-corrected chi connectivity index (χ2v) is 5.32. The van der Waals surface area contributed by atoms with Crippen LogP contribution in [-0.2, 0) is 7.05 Å². The summed E-state index contributed by atoms with van der Waals surface area (Å²) in [4.78, 5) is 0.457. The average molecular weight is 322 g/mol. The van der Waals surface area contributed by atoms with E-state index in [1.165, 1.54) is 7.05 Å². The summed E-state index contributed by atoms with van der Waals surface area (Å²) in [6.45, 7) is -1.51. The Hall–Kier alpha value is -1.72. The Balaban J connectivity index is 2.64. The van der Waals surface area contributed by atoms with Crippen LogP contribution in [0.4, 0.5) is 13.2 Å². The minimum absolute atomic E-state index is 0.0797. The summed E-state index contributed by atoms with van der Waals surface area (Å²) < 4.78 is 43.6. The zero-order chi connectivity index (χ0) is 15.0. The van der Waals surface area contributed by atoms with Crippen molar-refractivity contribution < 1.29 is 17.9 Å². The smallest absolute Gasteiger partial charge is 0.388 e. The molecule has 0 bridgehead atoms. The van der Waals surface area contributed by atoms with Crippen LogP contribution < -0.4 is 4.74 Å². The summed E-state index contributed by atoms with van der Waals surface area (Å²) in [6.07, 6.45) is 0. The molecule has 0 spiro atoms. The summed E-state index contributed by atoms with van der Waals surface area (Å²) in [5.74, 6) is -0.385. The number of rotatable bonds is 3. The van der Waals surface area contributed by atoms with E-state index in [1.807, 2.05) is 6.07 Å². The molecule has 0 aromatic carbocycles. The van der Waals surface area contributed by atoms with Crippen molar-refractivity contribution in [3.8, 4) is 23.2 Å². The second kappa shape index (κ2) is 5.34. The van der Waals surface area contributed by atoms with Crippen LogP contribution in [0.1, 0.15) is 10.4 Å². The van der Waals surface area contributed by atoms with E-state index >= 15 is 0 Å². The molecule has 0 aliphatic rings. The van der Waals surface area contributed by atoms with Gasteiger partial charge in [0.1, 0.15) is 16.8 Å². The van der Waals surface area contributed by atoms with Gasteiger partial charge in [0.25, 0.3) is 0 Å². The van der Waals surface area contributed by atoms with E-state index in [1.54, 1.807) is 6.92 Å². The number of ether oxygens (including phenoxy) is 1. The van der Waals surface area contributed by atoms with Gasteiger partial charge in [-0.3, -0.25) is 0 Å². The highest BCUT2D eigenvalue weighted by Gasteiger charge is 2.26. The largest absolute Gasteiger partial charge is 0.416 e. The Morgan fingerprint density at radius 1 is 1.50 bits per heavy atom. The van der Waals surface area contributed by atoms with Gasteiger partial charge in [0.2, 0.25) is 5.88 Å². The van der Waals surface area contributed by atoms with Crippen molar-refractivity contribution in [2.24, 2.45) is 7.05 Å². The predicted octanol–water partition coefficient (Wildman–Crippen LogP) is 3.72. The van der Waals surface area contributed by atoms with Gasteiger partial charge in [0, 0.05) is 11.9 Å². The van der Waals surface area contributed by atoms with Crippen LogP contribution in [0.25, 0.3) is 11.3 Å². The van der Waals surface area contributed by atoms with Gasteiger partial charge in [0.05, 0.1) is 11.1 Å². The van der Waals surface area contributed by atoms with E-state index in [4.69, 9.17) is 16.9 Å². The molecule has 4 nitrogen and oxygen atoms in total. The lowest BCUT2D eigenvalue weighted by molar-refractivity contribution is -0.0552. The van der Waals surface area contributed by atoms with E-state index in [2.05, 4.69) is 9.84 Å². The van der Waals surface area contributed by atoms with E-state index in [0.717, 1.165) is 16.0 Å². The molecule has 2 heterocycles. The van der Waals surface area contributed by atoms with Crippen LogP contribution in [-0.4, -0.2) is 16.4 Å². The molecule has 2 aromatic rings. The third-order valence-corrected chi connectivity index (χ3v) is 3.76. The first-order chi connectivity index (χ1) is 9.36. The minimum Gasteiger partial charge on any atom is -0.416 e. The molecule has 0 N–H and O–H groups in total. The van der Waals surface area contributed by atoms with E-state index in [9.17, 15) is 13.2 Å². The van der Waals surface area contributed by atoms with Crippen molar-refractivity contribution in [1.29, 1.82) is 5.26 Å². The lowest BCUT2D eigenvalue weighted by Gasteiger charge is -2.03. The fourth-order valence-corrected chi connectivity index (χ4v) is 2.83. The number of hydrogen-bond donors (Lipinski definition) is 0. The van der Waals surface area contributed by atoms with Crippen molar-refractivity contribution in [3.05, 3.63) is 20.6 Å². The lowest BCUT2D eigenvalue weighted by atomic mass is 10.1. The van der Waals surface area contributed by atoms with Gasteiger partial charge in [-0.15, -0.1) is 11.3 Å². The molecule has 106 valence electrons. The van der Waals surface area contributed by atoms with Crippen LogP contribution >= 0.6 is 22.9 Å². The van der Waals surface area contributed by atoms with Gasteiger partial charge in [-0.05, 0) is 6.92 Å². The Kier molecular flexibility index (Phi) is 3.92. The average Bonchev–Trinajstić information content (AvgIpc) is 2.78. The summed E-state index contributed by atoms with van der Waals surface area (Å²) in [5, 5.41) is 12.0. The number of nitriles is 1. The van der Waals surface area contributed by atoms with Crippen molar-refractivity contribution >= 4 is 22.9 Å². The van der Waals surface area contributed by atoms with Gasteiger partial charge >= 0.3 is 6.61 Å². The first kappa shape index (κ1) is 14.7. The Bertz CT molecular complexity index is 705. The number of thiophene rings is 1.